The Morgan fingerprint density at radius 3 is 2.81 bits per heavy atom. The zero-order chi connectivity index (χ0) is 15.0. The van der Waals surface area contributed by atoms with E-state index in [1.807, 2.05) is 6.07 Å². The van der Waals surface area contributed by atoms with Crippen LogP contribution in [0.4, 0.5) is 10.1 Å². The van der Waals surface area contributed by atoms with Gasteiger partial charge in [0.15, 0.2) is 0 Å². The van der Waals surface area contributed by atoms with E-state index in [4.69, 9.17) is 4.74 Å². The van der Waals surface area contributed by atoms with Crippen LogP contribution in [0.25, 0.3) is 0 Å². The van der Waals surface area contributed by atoms with E-state index in [1.165, 1.54) is 25.5 Å². The Morgan fingerprint density at radius 2 is 2.10 bits per heavy atom. The highest BCUT2D eigenvalue weighted by molar-refractivity contribution is 5.54. The third-order valence-electron chi connectivity index (χ3n) is 4.96. The van der Waals surface area contributed by atoms with E-state index in [9.17, 15) is 4.39 Å². The van der Waals surface area contributed by atoms with E-state index >= 15 is 0 Å². The molecule has 0 saturated carbocycles. The van der Waals surface area contributed by atoms with E-state index in [-0.39, 0.29) is 5.82 Å². The number of fused-ring (bicyclic) bond motifs is 1. The number of hydrogen-bond acceptors (Lipinski definition) is 3. The van der Waals surface area contributed by atoms with Crippen molar-refractivity contribution in [2.45, 2.75) is 38.8 Å². The summed E-state index contributed by atoms with van der Waals surface area (Å²) in [7, 11) is 1.63. The van der Waals surface area contributed by atoms with Gasteiger partial charge in [0.2, 0.25) is 0 Å². The fourth-order valence-electron chi connectivity index (χ4n) is 3.73. The molecular weight excluding hydrogens is 267 g/mol. The lowest BCUT2D eigenvalue weighted by molar-refractivity contribution is 0.176. The second kappa shape index (κ2) is 5.84. The lowest BCUT2D eigenvalue weighted by atomic mass is 9.96. The Kier molecular flexibility index (Phi) is 4.07. The van der Waals surface area contributed by atoms with Gasteiger partial charge in [-0.25, -0.2) is 4.39 Å². The van der Waals surface area contributed by atoms with Crippen LogP contribution in [0.3, 0.4) is 0 Å². The molecule has 116 valence electrons. The molecule has 0 aromatic heterocycles. The van der Waals surface area contributed by atoms with Crippen molar-refractivity contribution < 1.29 is 9.13 Å². The fourth-order valence-corrected chi connectivity index (χ4v) is 3.73. The van der Waals surface area contributed by atoms with Crippen molar-refractivity contribution in [2.75, 3.05) is 31.6 Å². The Bertz CT molecular complexity index is 506. The summed E-state index contributed by atoms with van der Waals surface area (Å²) in [5.74, 6) is 1.08. The molecule has 3 rings (SSSR count). The molecule has 0 bridgehead atoms. The zero-order valence-electron chi connectivity index (χ0n) is 13.2. The molecule has 1 aromatic carbocycles. The van der Waals surface area contributed by atoms with E-state index < -0.39 is 0 Å². The summed E-state index contributed by atoms with van der Waals surface area (Å²) in [6, 6.07) is 5.99. The Hall–Kier alpha value is -1.29. The molecular formula is C17H25FN2O. The predicted octanol–water partition coefficient (Wildman–Crippen LogP) is 3.14. The minimum Gasteiger partial charge on any atom is -0.497 e. The van der Waals surface area contributed by atoms with Crippen LogP contribution in [-0.2, 0) is 0 Å². The van der Waals surface area contributed by atoms with E-state index in [1.54, 1.807) is 13.2 Å². The molecule has 2 fully saturated rings. The summed E-state index contributed by atoms with van der Waals surface area (Å²) in [6.07, 6.45) is 2.50. The highest BCUT2D eigenvalue weighted by Crippen LogP contribution is 2.34. The van der Waals surface area contributed by atoms with Gasteiger partial charge in [-0.3, -0.25) is 4.90 Å². The third-order valence-corrected chi connectivity index (χ3v) is 4.96. The van der Waals surface area contributed by atoms with E-state index in [0.717, 1.165) is 18.8 Å². The van der Waals surface area contributed by atoms with Gasteiger partial charge in [0.05, 0.1) is 12.8 Å². The van der Waals surface area contributed by atoms with Crippen LogP contribution in [0.15, 0.2) is 18.2 Å². The van der Waals surface area contributed by atoms with Crippen molar-refractivity contribution in [1.82, 2.24) is 4.90 Å². The first kappa shape index (κ1) is 14.6. The van der Waals surface area contributed by atoms with Gasteiger partial charge in [0, 0.05) is 31.2 Å². The molecule has 0 aliphatic carbocycles. The summed E-state index contributed by atoms with van der Waals surface area (Å²) in [5.41, 5.74) is 0.694. The minimum atomic E-state index is -0.145. The van der Waals surface area contributed by atoms with E-state index in [0.29, 0.717) is 23.7 Å². The maximum absolute atomic E-state index is 14.4. The van der Waals surface area contributed by atoms with Gasteiger partial charge >= 0.3 is 0 Å². The lowest BCUT2D eigenvalue weighted by Crippen LogP contribution is -2.58. The van der Waals surface area contributed by atoms with Gasteiger partial charge in [-0.1, -0.05) is 13.8 Å². The fraction of sp³-hybridized carbons (Fsp3) is 0.647. The molecule has 2 aliphatic heterocycles. The van der Waals surface area contributed by atoms with Crippen molar-refractivity contribution in [3.63, 3.8) is 0 Å². The summed E-state index contributed by atoms with van der Waals surface area (Å²) in [6.45, 7) is 7.62. The van der Waals surface area contributed by atoms with Crippen molar-refractivity contribution >= 4 is 5.69 Å². The first-order chi connectivity index (χ1) is 10.1. The molecule has 2 heterocycles. The molecule has 21 heavy (non-hydrogen) atoms. The highest BCUT2D eigenvalue weighted by atomic mass is 19.1. The van der Waals surface area contributed by atoms with Crippen LogP contribution < -0.4 is 9.64 Å². The standard InChI is InChI=1S/C17H25FN2O/c1-12(2)17-11-19-8-4-5-13(19)10-20(17)16-9-14(21-3)6-7-15(16)18/h6-7,9,12-13,17H,4-5,8,10-11H2,1-3H3. The molecule has 0 radical (unpaired) electrons. The minimum absolute atomic E-state index is 0.145. The molecule has 2 atom stereocenters. The van der Waals surface area contributed by atoms with Crippen LogP contribution in [0, 0.1) is 11.7 Å². The smallest absolute Gasteiger partial charge is 0.146 e. The maximum Gasteiger partial charge on any atom is 0.146 e. The number of ether oxygens (including phenoxy) is 1. The normalized spacial score (nSPS) is 26.2. The average Bonchev–Trinajstić information content (AvgIpc) is 2.93. The second-order valence-corrected chi connectivity index (χ2v) is 6.57. The number of benzene rings is 1. The number of piperazine rings is 1. The second-order valence-electron chi connectivity index (χ2n) is 6.57. The number of nitrogens with zero attached hydrogens (tertiary/aromatic N) is 2. The van der Waals surface area contributed by atoms with Crippen LogP contribution in [0.2, 0.25) is 0 Å². The molecule has 4 heteroatoms. The molecule has 0 amide bonds. The van der Waals surface area contributed by atoms with Crippen LogP contribution in [-0.4, -0.2) is 43.7 Å². The Labute approximate surface area is 126 Å². The topological polar surface area (TPSA) is 15.7 Å². The average molecular weight is 292 g/mol. The van der Waals surface area contributed by atoms with Crippen LogP contribution in [0.1, 0.15) is 26.7 Å². The maximum atomic E-state index is 14.4. The van der Waals surface area contributed by atoms with Crippen molar-refractivity contribution in [2.24, 2.45) is 5.92 Å². The van der Waals surface area contributed by atoms with Crippen molar-refractivity contribution in [1.29, 1.82) is 0 Å². The SMILES string of the molecule is COc1ccc(F)c(N2CC3CCCN3CC2C(C)C)c1. The van der Waals surface area contributed by atoms with Crippen LogP contribution in [0.5, 0.6) is 5.75 Å². The van der Waals surface area contributed by atoms with Crippen molar-refractivity contribution in [3.8, 4) is 5.75 Å². The summed E-state index contributed by atoms with van der Waals surface area (Å²) < 4.78 is 19.6. The Morgan fingerprint density at radius 1 is 1.29 bits per heavy atom. The van der Waals surface area contributed by atoms with Crippen LogP contribution >= 0.6 is 0 Å². The van der Waals surface area contributed by atoms with Gasteiger partial charge < -0.3 is 9.64 Å². The number of hydrogen-bond donors (Lipinski definition) is 0. The van der Waals surface area contributed by atoms with Gasteiger partial charge in [0.25, 0.3) is 0 Å². The predicted molar refractivity (Wildman–Crippen MR) is 83.5 cm³/mol. The monoisotopic (exact) mass is 292 g/mol. The zero-order valence-corrected chi connectivity index (χ0v) is 13.2. The summed E-state index contributed by atoms with van der Waals surface area (Å²) in [5, 5.41) is 0. The van der Waals surface area contributed by atoms with E-state index in [2.05, 4.69) is 23.6 Å². The largest absolute Gasteiger partial charge is 0.497 e. The van der Waals surface area contributed by atoms with Gasteiger partial charge in [0.1, 0.15) is 11.6 Å². The molecule has 2 unspecified atom stereocenters. The highest BCUT2D eigenvalue weighted by Gasteiger charge is 2.38. The number of halogens is 1. The lowest BCUT2D eigenvalue weighted by Gasteiger charge is -2.46. The summed E-state index contributed by atoms with van der Waals surface area (Å²) >= 11 is 0. The van der Waals surface area contributed by atoms with Crippen molar-refractivity contribution in [3.05, 3.63) is 24.0 Å². The molecule has 3 nitrogen and oxygen atoms in total. The number of rotatable bonds is 3. The molecule has 2 saturated heterocycles. The van der Waals surface area contributed by atoms with Gasteiger partial charge in [-0.2, -0.15) is 0 Å². The number of anilines is 1. The molecule has 1 aromatic rings. The quantitative estimate of drug-likeness (QED) is 0.851. The molecule has 0 spiro atoms. The summed E-state index contributed by atoms with van der Waals surface area (Å²) in [4.78, 5) is 4.86. The molecule has 0 N–H and O–H groups in total. The third kappa shape index (κ3) is 2.73. The first-order valence-corrected chi connectivity index (χ1v) is 7.94. The van der Waals surface area contributed by atoms with Gasteiger partial charge in [-0.15, -0.1) is 0 Å². The van der Waals surface area contributed by atoms with Gasteiger partial charge in [-0.05, 0) is 37.4 Å². The number of methoxy groups -OCH3 is 1. The molecule has 2 aliphatic rings. The first-order valence-electron chi connectivity index (χ1n) is 7.94. The Balaban J connectivity index is 1.93.